The van der Waals surface area contributed by atoms with Crippen LogP contribution in [0.4, 0.5) is 0 Å². The van der Waals surface area contributed by atoms with Crippen LogP contribution >= 0.6 is 0 Å². The van der Waals surface area contributed by atoms with E-state index >= 15 is 0 Å². The molecule has 0 saturated carbocycles. The Balaban J connectivity index is 3.30. The molecule has 1 N–H and O–H groups in total. The highest BCUT2D eigenvalue weighted by Crippen LogP contribution is 2.29. The van der Waals surface area contributed by atoms with E-state index in [0.717, 1.165) is 0 Å². The van der Waals surface area contributed by atoms with Crippen molar-refractivity contribution >= 4 is 11.8 Å². The summed E-state index contributed by atoms with van der Waals surface area (Å²) in [5.74, 6) is -0.539. The molecule has 0 aliphatic heterocycles. The zero-order chi connectivity index (χ0) is 13.0. The summed E-state index contributed by atoms with van der Waals surface area (Å²) in [5.41, 5.74) is 0.678. The van der Waals surface area contributed by atoms with Gasteiger partial charge >= 0.3 is 5.97 Å². The molecule has 1 rings (SSSR count). The fourth-order valence-electron chi connectivity index (χ4n) is 1.58. The lowest BCUT2D eigenvalue weighted by atomic mass is 10.00. The summed E-state index contributed by atoms with van der Waals surface area (Å²) in [4.78, 5) is 22.7. The largest absolute Gasteiger partial charge is 0.508 e. The summed E-state index contributed by atoms with van der Waals surface area (Å²) in [6, 6.07) is 2.69. The zero-order valence-corrected chi connectivity index (χ0v) is 9.94. The maximum atomic E-state index is 11.5. The number of aromatic hydroxyl groups is 1. The molecule has 0 radical (unpaired) electrons. The monoisotopic (exact) mass is 238 g/mol. The summed E-state index contributed by atoms with van der Waals surface area (Å²) < 4.78 is 9.54. The first-order chi connectivity index (χ1) is 7.99. The number of methoxy groups -OCH3 is 2. The van der Waals surface area contributed by atoms with E-state index in [-0.39, 0.29) is 29.3 Å². The minimum atomic E-state index is -0.486. The van der Waals surface area contributed by atoms with Crippen LogP contribution in [0.1, 0.15) is 22.8 Å². The SMILES string of the molecule is COC(=O)Cc1cc(O)cc(OC)c1C(C)=O. The van der Waals surface area contributed by atoms with Crippen LogP contribution in [0.5, 0.6) is 11.5 Å². The van der Waals surface area contributed by atoms with Gasteiger partial charge in [0.15, 0.2) is 5.78 Å². The second-order valence-corrected chi connectivity index (χ2v) is 3.49. The summed E-state index contributed by atoms with van der Waals surface area (Å²) in [6.45, 7) is 1.37. The molecule has 0 aliphatic carbocycles. The first-order valence-electron chi connectivity index (χ1n) is 4.97. The number of carbonyl (C=O) groups is 2. The molecule has 0 spiro atoms. The van der Waals surface area contributed by atoms with Crippen LogP contribution in [0.25, 0.3) is 0 Å². The quantitative estimate of drug-likeness (QED) is 0.632. The van der Waals surface area contributed by atoms with Crippen molar-refractivity contribution in [3.05, 3.63) is 23.3 Å². The highest BCUT2D eigenvalue weighted by molar-refractivity contribution is 5.99. The van der Waals surface area contributed by atoms with E-state index in [1.54, 1.807) is 0 Å². The molecule has 1 aromatic carbocycles. The fraction of sp³-hybridized carbons (Fsp3) is 0.333. The van der Waals surface area contributed by atoms with E-state index in [2.05, 4.69) is 4.74 Å². The molecule has 0 fully saturated rings. The van der Waals surface area contributed by atoms with Gasteiger partial charge in [0.25, 0.3) is 0 Å². The lowest BCUT2D eigenvalue weighted by molar-refractivity contribution is -0.139. The second-order valence-electron chi connectivity index (χ2n) is 3.49. The van der Waals surface area contributed by atoms with Gasteiger partial charge in [-0.1, -0.05) is 0 Å². The Bertz CT molecular complexity index is 450. The van der Waals surface area contributed by atoms with E-state index in [4.69, 9.17) is 4.74 Å². The van der Waals surface area contributed by atoms with E-state index in [9.17, 15) is 14.7 Å². The summed E-state index contributed by atoms with van der Waals surface area (Å²) >= 11 is 0. The van der Waals surface area contributed by atoms with Crippen molar-refractivity contribution in [2.75, 3.05) is 14.2 Å². The van der Waals surface area contributed by atoms with Gasteiger partial charge in [-0.3, -0.25) is 9.59 Å². The van der Waals surface area contributed by atoms with E-state index in [1.165, 1.54) is 33.3 Å². The molecule has 0 aliphatic rings. The molecule has 5 heteroatoms. The molecule has 1 aromatic rings. The molecule has 0 atom stereocenters. The Morgan fingerprint density at radius 3 is 2.41 bits per heavy atom. The maximum absolute atomic E-state index is 11.5. The van der Waals surface area contributed by atoms with Gasteiger partial charge in [-0.2, -0.15) is 0 Å². The molecule has 0 aromatic heterocycles. The van der Waals surface area contributed by atoms with Gasteiger partial charge in [0.05, 0.1) is 26.2 Å². The average Bonchev–Trinajstić information content (AvgIpc) is 2.27. The van der Waals surface area contributed by atoms with Crippen LogP contribution in [-0.2, 0) is 16.0 Å². The van der Waals surface area contributed by atoms with E-state index < -0.39 is 5.97 Å². The van der Waals surface area contributed by atoms with Crippen LogP contribution < -0.4 is 4.74 Å². The minimum Gasteiger partial charge on any atom is -0.508 e. The van der Waals surface area contributed by atoms with Crippen molar-refractivity contribution in [2.45, 2.75) is 13.3 Å². The van der Waals surface area contributed by atoms with Gasteiger partial charge in [0.1, 0.15) is 11.5 Å². The molecule has 0 heterocycles. The molecule has 17 heavy (non-hydrogen) atoms. The number of rotatable bonds is 4. The summed E-state index contributed by atoms with van der Waals surface area (Å²) in [6.07, 6.45) is -0.0871. The van der Waals surface area contributed by atoms with Gasteiger partial charge in [0.2, 0.25) is 0 Å². The third-order valence-electron chi connectivity index (χ3n) is 2.30. The third-order valence-corrected chi connectivity index (χ3v) is 2.30. The molecule has 5 nitrogen and oxygen atoms in total. The zero-order valence-electron chi connectivity index (χ0n) is 9.94. The third kappa shape index (κ3) is 2.96. The smallest absolute Gasteiger partial charge is 0.310 e. The fourth-order valence-corrected chi connectivity index (χ4v) is 1.58. The number of Topliss-reactive ketones (excluding diaryl/α,β-unsaturated/α-hetero) is 1. The Kier molecular flexibility index (Phi) is 4.09. The van der Waals surface area contributed by atoms with E-state index in [0.29, 0.717) is 5.56 Å². The van der Waals surface area contributed by atoms with Crippen molar-refractivity contribution in [1.82, 2.24) is 0 Å². The number of ketones is 1. The van der Waals surface area contributed by atoms with Crippen LogP contribution in [0.2, 0.25) is 0 Å². The molecule has 0 unspecified atom stereocenters. The molecular formula is C12H14O5. The maximum Gasteiger partial charge on any atom is 0.310 e. The van der Waals surface area contributed by atoms with Gasteiger partial charge < -0.3 is 14.6 Å². The Morgan fingerprint density at radius 2 is 1.94 bits per heavy atom. The molecule has 0 amide bonds. The number of hydrogen-bond acceptors (Lipinski definition) is 5. The molecule has 0 bridgehead atoms. The van der Waals surface area contributed by atoms with Gasteiger partial charge in [-0.05, 0) is 18.6 Å². The van der Waals surface area contributed by atoms with Crippen LogP contribution in [0.3, 0.4) is 0 Å². The van der Waals surface area contributed by atoms with Crippen molar-refractivity contribution in [1.29, 1.82) is 0 Å². The number of benzene rings is 1. The van der Waals surface area contributed by atoms with Crippen molar-refractivity contribution in [3.8, 4) is 11.5 Å². The molecule has 92 valence electrons. The van der Waals surface area contributed by atoms with Gasteiger partial charge in [0, 0.05) is 6.07 Å². The number of carbonyl (C=O) groups excluding carboxylic acids is 2. The number of ether oxygens (including phenoxy) is 2. The second kappa shape index (κ2) is 5.34. The lowest BCUT2D eigenvalue weighted by Gasteiger charge is -2.11. The Morgan fingerprint density at radius 1 is 1.29 bits per heavy atom. The van der Waals surface area contributed by atoms with Crippen LogP contribution in [0.15, 0.2) is 12.1 Å². The summed E-state index contributed by atoms with van der Waals surface area (Å²) in [5, 5.41) is 9.47. The predicted octanol–water partition coefficient (Wildman–Crippen LogP) is 1.32. The van der Waals surface area contributed by atoms with Gasteiger partial charge in [-0.25, -0.2) is 0 Å². The number of phenolic OH excluding ortho intramolecular Hbond substituents is 1. The first-order valence-corrected chi connectivity index (χ1v) is 4.97. The van der Waals surface area contributed by atoms with Crippen molar-refractivity contribution < 1.29 is 24.2 Å². The van der Waals surface area contributed by atoms with Crippen LogP contribution in [-0.4, -0.2) is 31.1 Å². The molecule has 0 saturated heterocycles. The van der Waals surface area contributed by atoms with Crippen molar-refractivity contribution in [3.63, 3.8) is 0 Å². The van der Waals surface area contributed by atoms with Gasteiger partial charge in [-0.15, -0.1) is 0 Å². The van der Waals surface area contributed by atoms with E-state index in [1.807, 2.05) is 0 Å². The lowest BCUT2D eigenvalue weighted by Crippen LogP contribution is -2.10. The number of hydrogen-bond donors (Lipinski definition) is 1. The standard InChI is InChI=1S/C12H14O5/c1-7(13)12-8(5-11(15)17-3)4-9(14)6-10(12)16-2/h4,6,14H,5H2,1-3H3. The Labute approximate surface area is 99.0 Å². The summed E-state index contributed by atoms with van der Waals surface area (Å²) in [7, 11) is 2.65. The number of esters is 1. The first kappa shape index (κ1) is 13.0. The normalized spacial score (nSPS) is 9.82. The van der Waals surface area contributed by atoms with Crippen LogP contribution in [0, 0.1) is 0 Å². The highest BCUT2D eigenvalue weighted by atomic mass is 16.5. The minimum absolute atomic E-state index is 0.0641. The van der Waals surface area contributed by atoms with Crippen molar-refractivity contribution in [2.24, 2.45) is 0 Å². The topological polar surface area (TPSA) is 72.8 Å². The Hall–Kier alpha value is -2.04. The molecular weight excluding hydrogens is 224 g/mol. The number of phenols is 1. The average molecular weight is 238 g/mol. The predicted molar refractivity (Wildman–Crippen MR) is 60.4 cm³/mol. The highest BCUT2D eigenvalue weighted by Gasteiger charge is 2.18.